The van der Waals surface area contributed by atoms with E-state index < -0.39 is 0 Å². The third kappa shape index (κ3) is 5.49. The largest absolute Gasteiger partial charge is 0.264 e. The molecule has 9 aromatic rings. The zero-order valence-corrected chi connectivity index (χ0v) is 27.1. The highest BCUT2D eigenvalue weighted by Gasteiger charge is 2.18. The highest BCUT2D eigenvalue weighted by atomic mass is 15.0. The number of pyridine rings is 1. The van der Waals surface area contributed by atoms with E-state index in [0.29, 0.717) is 17.5 Å². The van der Waals surface area contributed by atoms with Crippen molar-refractivity contribution in [2.75, 3.05) is 0 Å². The molecule has 9 rings (SSSR count). The molecule has 4 nitrogen and oxygen atoms in total. The Morgan fingerprint density at radius 3 is 1.52 bits per heavy atom. The van der Waals surface area contributed by atoms with Crippen LogP contribution in [0.3, 0.4) is 0 Å². The molecule has 2 heterocycles. The maximum atomic E-state index is 5.22. The van der Waals surface area contributed by atoms with Crippen LogP contribution in [0.25, 0.3) is 89.1 Å². The van der Waals surface area contributed by atoms with Crippen LogP contribution in [0, 0.1) is 0 Å². The highest BCUT2D eigenvalue weighted by Crippen LogP contribution is 2.37. The molecule has 0 N–H and O–H groups in total. The number of aromatic nitrogens is 4. The van der Waals surface area contributed by atoms with Crippen molar-refractivity contribution in [1.82, 2.24) is 19.9 Å². The lowest BCUT2D eigenvalue weighted by molar-refractivity contribution is 1.08. The second-order valence-electron chi connectivity index (χ2n) is 12.3. The first-order valence-corrected chi connectivity index (χ1v) is 16.7. The minimum atomic E-state index is 0.627. The second kappa shape index (κ2) is 12.7. The standard InChI is InChI=1S/C46H30N4/c1-3-12-31(13-4-1)38-17-7-10-20-42(38)45-48-44(36-24-23-33-28-35(22-21-34(33)29-36)37-16-11-27-47-30-37)49-46(50-45)43-26-25-39(32-14-5-2-6-15-32)40-18-8-9-19-41(40)43/h1-30H. The van der Waals surface area contributed by atoms with Gasteiger partial charge in [0.05, 0.1) is 0 Å². The van der Waals surface area contributed by atoms with Crippen LogP contribution in [-0.4, -0.2) is 19.9 Å². The molecule has 0 unspecified atom stereocenters. The van der Waals surface area contributed by atoms with E-state index in [1.165, 1.54) is 11.1 Å². The first-order valence-electron chi connectivity index (χ1n) is 16.7. The molecule has 50 heavy (non-hydrogen) atoms. The van der Waals surface area contributed by atoms with Crippen LogP contribution in [0.1, 0.15) is 0 Å². The molecule has 0 aliphatic carbocycles. The van der Waals surface area contributed by atoms with Crippen molar-refractivity contribution in [3.05, 3.63) is 182 Å². The summed E-state index contributed by atoms with van der Waals surface area (Å²) in [7, 11) is 0. The number of nitrogens with zero attached hydrogens (tertiary/aromatic N) is 4. The summed E-state index contributed by atoms with van der Waals surface area (Å²) in [6.45, 7) is 0. The van der Waals surface area contributed by atoms with E-state index in [0.717, 1.165) is 60.5 Å². The molecule has 0 radical (unpaired) electrons. The van der Waals surface area contributed by atoms with Crippen molar-refractivity contribution < 1.29 is 0 Å². The monoisotopic (exact) mass is 638 g/mol. The first-order chi connectivity index (χ1) is 24.8. The highest BCUT2D eigenvalue weighted by molar-refractivity contribution is 6.04. The van der Waals surface area contributed by atoms with Crippen LogP contribution in [0.2, 0.25) is 0 Å². The molecule has 0 saturated heterocycles. The van der Waals surface area contributed by atoms with Gasteiger partial charge in [-0.05, 0) is 73.6 Å². The van der Waals surface area contributed by atoms with E-state index in [4.69, 9.17) is 15.0 Å². The van der Waals surface area contributed by atoms with Crippen LogP contribution in [0.15, 0.2) is 182 Å². The van der Waals surface area contributed by atoms with Crippen LogP contribution < -0.4 is 0 Å². The topological polar surface area (TPSA) is 51.6 Å². The Labute approximate surface area is 290 Å². The zero-order valence-electron chi connectivity index (χ0n) is 27.1. The molecule has 0 aliphatic rings. The fourth-order valence-corrected chi connectivity index (χ4v) is 6.75. The fourth-order valence-electron chi connectivity index (χ4n) is 6.75. The fraction of sp³-hybridized carbons (Fsp3) is 0. The van der Waals surface area contributed by atoms with Crippen molar-refractivity contribution in [2.45, 2.75) is 0 Å². The number of benzene rings is 7. The van der Waals surface area contributed by atoms with Gasteiger partial charge in [-0.15, -0.1) is 0 Å². The van der Waals surface area contributed by atoms with Gasteiger partial charge in [-0.3, -0.25) is 4.98 Å². The molecule has 0 saturated carbocycles. The Balaban J connectivity index is 1.24. The van der Waals surface area contributed by atoms with Gasteiger partial charge in [0.15, 0.2) is 17.5 Å². The van der Waals surface area contributed by atoms with Crippen molar-refractivity contribution in [1.29, 1.82) is 0 Å². The molecule has 0 bridgehead atoms. The smallest absolute Gasteiger partial charge is 0.164 e. The molecule has 2 aromatic heterocycles. The predicted octanol–water partition coefficient (Wildman–Crippen LogP) is 11.6. The summed E-state index contributed by atoms with van der Waals surface area (Å²) in [5.41, 5.74) is 9.60. The molecule has 4 heteroatoms. The summed E-state index contributed by atoms with van der Waals surface area (Å²) in [5, 5.41) is 4.50. The molecule has 0 spiro atoms. The van der Waals surface area contributed by atoms with Gasteiger partial charge in [-0.1, -0.05) is 146 Å². The Kier molecular flexibility index (Phi) is 7.45. The average molecular weight is 639 g/mol. The van der Waals surface area contributed by atoms with Crippen molar-refractivity contribution in [3.8, 4) is 67.5 Å². The lowest BCUT2D eigenvalue weighted by Gasteiger charge is -2.14. The minimum absolute atomic E-state index is 0.627. The lowest BCUT2D eigenvalue weighted by atomic mass is 9.94. The van der Waals surface area contributed by atoms with Crippen LogP contribution in [0.4, 0.5) is 0 Å². The van der Waals surface area contributed by atoms with Gasteiger partial charge in [0.25, 0.3) is 0 Å². The van der Waals surface area contributed by atoms with Crippen molar-refractivity contribution in [3.63, 3.8) is 0 Å². The van der Waals surface area contributed by atoms with E-state index in [2.05, 4.69) is 151 Å². The summed E-state index contributed by atoms with van der Waals surface area (Å²) in [5.74, 6) is 1.89. The van der Waals surface area contributed by atoms with E-state index >= 15 is 0 Å². The maximum Gasteiger partial charge on any atom is 0.164 e. The molecule has 0 atom stereocenters. The molecule has 0 aliphatic heterocycles. The van der Waals surface area contributed by atoms with Gasteiger partial charge in [0, 0.05) is 34.6 Å². The third-order valence-corrected chi connectivity index (χ3v) is 9.23. The minimum Gasteiger partial charge on any atom is -0.264 e. The van der Waals surface area contributed by atoms with Gasteiger partial charge in [0.2, 0.25) is 0 Å². The van der Waals surface area contributed by atoms with Gasteiger partial charge in [-0.2, -0.15) is 0 Å². The Morgan fingerprint density at radius 1 is 0.300 bits per heavy atom. The summed E-state index contributed by atoms with van der Waals surface area (Å²) in [4.78, 5) is 19.9. The predicted molar refractivity (Wildman–Crippen MR) is 205 cm³/mol. The van der Waals surface area contributed by atoms with Gasteiger partial charge >= 0.3 is 0 Å². The van der Waals surface area contributed by atoms with Crippen molar-refractivity contribution in [2.24, 2.45) is 0 Å². The molecular formula is C46H30N4. The Bertz CT molecular complexity index is 2640. The van der Waals surface area contributed by atoms with Crippen LogP contribution >= 0.6 is 0 Å². The molecule has 0 fully saturated rings. The molecule has 0 amide bonds. The first kappa shape index (κ1) is 29.4. The lowest BCUT2D eigenvalue weighted by Crippen LogP contribution is -2.01. The van der Waals surface area contributed by atoms with Crippen LogP contribution in [-0.2, 0) is 0 Å². The van der Waals surface area contributed by atoms with Crippen molar-refractivity contribution >= 4 is 21.5 Å². The van der Waals surface area contributed by atoms with E-state index in [9.17, 15) is 0 Å². The summed E-state index contributed by atoms with van der Waals surface area (Å²) in [6.07, 6.45) is 3.69. The average Bonchev–Trinajstić information content (AvgIpc) is 3.21. The number of hydrogen-bond acceptors (Lipinski definition) is 4. The maximum absolute atomic E-state index is 5.22. The molecule has 234 valence electrons. The number of hydrogen-bond donors (Lipinski definition) is 0. The quantitative estimate of drug-likeness (QED) is 0.182. The normalized spacial score (nSPS) is 11.2. The summed E-state index contributed by atoms with van der Waals surface area (Å²) < 4.78 is 0. The zero-order chi connectivity index (χ0) is 33.3. The van der Waals surface area contributed by atoms with Gasteiger partial charge in [0.1, 0.15) is 0 Å². The number of rotatable bonds is 6. The number of fused-ring (bicyclic) bond motifs is 2. The second-order valence-corrected chi connectivity index (χ2v) is 12.3. The molecule has 7 aromatic carbocycles. The summed E-state index contributed by atoms with van der Waals surface area (Å²) in [6, 6.07) is 59.1. The van der Waals surface area contributed by atoms with Gasteiger partial charge in [-0.25, -0.2) is 15.0 Å². The Morgan fingerprint density at radius 2 is 0.820 bits per heavy atom. The van der Waals surface area contributed by atoms with E-state index in [1.54, 1.807) is 6.20 Å². The Hall–Kier alpha value is -6.78. The SMILES string of the molecule is c1ccc(-c2ccccc2-c2nc(-c3ccc4cc(-c5cccnc5)ccc4c3)nc(-c3ccc(-c4ccccc4)c4ccccc34)n2)cc1. The van der Waals surface area contributed by atoms with E-state index in [-0.39, 0.29) is 0 Å². The van der Waals surface area contributed by atoms with E-state index in [1.807, 2.05) is 30.5 Å². The van der Waals surface area contributed by atoms with Gasteiger partial charge < -0.3 is 0 Å². The summed E-state index contributed by atoms with van der Waals surface area (Å²) >= 11 is 0. The molecular weight excluding hydrogens is 609 g/mol. The van der Waals surface area contributed by atoms with Crippen LogP contribution in [0.5, 0.6) is 0 Å². The third-order valence-electron chi connectivity index (χ3n) is 9.23.